The number of allylic oxidation sites excluding steroid dienone is 1. The summed E-state index contributed by atoms with van der Waals surface area (Å²) in [7, 11) is 0. The smallest absolute Gasteiger partial charge is 0.0162 e. The van der Waals surface area contributed by atoms with E-state index in [1.54, 1.807) is 0 Å². The number of rotatable bonds is 3. The van der Waals surface area contributed by atoms with Gasteiger partial charge in [0.25, 0.3) is 0 Å². The molecule has 0 spiro atoms. The number of aryl methyl sites for hydroxylation is 1. The predicted octanol–water partition coefficient (Wildman–Crippen LogP) is 5.61. The van der Waals surface area contributed by atoms with Crippen molar-refractivity contribution < 1.29 is 0 Å². The summed E-state index contributed by atoms with van der Waals surface area (Å²) in [5, 5.41) is 0. The average molecular weight is 354 g/mol. The first-order chi connectivity index (χ1) is 8.50. The lowest BCUT2D eigenvalue weighted by molar-refractivity contribution is 0.180. The summed E-state index contributed by atoms with van der Waals surface area (Å²) in [4.78, 5) is 0. The van der Waals surface area contributed by atoms with Gasteiger partial charge in [0.15, 0.2) is 0 Å². The van der Waals surface area contributed by atoms with E-state index >= 15 is 0 Å². The number of hydrogen-bond donors (Lipinski definition) is 0. The van der Waals surface area contributed by atoms with Gasteiger partial charge >= 0.3 is 0 Å². The molecule has 2 rings (SSSR count). The summed E-state index contributed by atoms with van der Waals surface area (Å²) in [6.45, 7) is 9.15. The Morgan fingerprint density at radius 1 is 1.33 bits per heavy atom. The zero-order chi connectivity index (χ0) is 13.2. The first-order valence-corrected chi connectivity index (χ1v) is 7.99. The summed E-state index contributed by atoms with van der Waals surface area (Å²) in [5.41, 5.74) is 3.42. The Hall–Kier alpha value is -0.310. The second-order valence-electron chi connectivity index (χ2n) is 6.18. The summed E-state index contributed by atoms with van der Waals surface area (Å²) >= 11 is 2.45. The zero-order valence-electron chi connectivity index (χ0n) is 11.5. The van der Waals surface area contributed by atoms with Crippen LogP contribution in [0, 0.1) is 14.9 Å². The molecule has 0 aliphatic heterocycles. The fourth-order valence-electron chi connectivity index (χ4n) is 3.27. The molecule has 0 nitrogen and oxygen atoms in total. The second-order valence-corrected chi connectivity index (χ2v) is 7.35. The van der Waals surface area contributed by atoms with Gasteiger partial charge in [-0.1, -0.05) is 44.2 Å². The van der Waals surface area contributed by atoms with E-state index in [9.17, 15) is 0 Å². The van der Waals surface area contributed by atoms with Gasteiger partial charge in [-0.2, -0.15) is 0 Å². The van der Waals surface area contributed by atoms with E-state index in [0.29, 0.717) is 11.3 Å². The summed E-state index contributed by atoms with van der Waals surface area (Å²) in [6.07, 6.45) is 6.35. The van der Waals surface area contributed by atoms with Gasteiger partial charge in [0, 0.05) is 3.57 Å². The molecule has 1 unspecified atom stereocenters. The van der Waals surface area contributed by atoms with Crippen LogP contribution in [0.3, 0.4) is 0 Å². The van der Waals surface area contributed by atoms with Gasteiger partial charge in [-0.25, -0.2) is 0 Å². The molecule has 0 aromatic heterocycles. The fourth-order valence-corrected chi connectivity index (χ4v) is 3.93. The van der Waals surface area contributed by atoms with Gasteiger partial charge in [0.2, 0.25) is 0 Å². The number of hydrogen-bond acceptors (Lipinski definition) is 0. The first kappa shape index (κ1) is 14.1. The van der Waals surface area contributed by atoms with E-state index in [4.69, 9.17) is 0 Å². The maximum absolute atomic E-state index is 4.32. The van der Waals surface area contributed by atoms with Crippen LogP contribution in [-0.4, -0.2) is 0 Å². The van der Waals surface area contributed by atoms with Gasteiger partial charge in [-0.3, -0.25) is 0 Å². The van der Waals surface area contributed by atoms with Gasteiger partial charge in [0.1, 0.15) is 0 Å². The van der Waals surface area contributed by atoms with E-state index < -0.39 is 0 Å². The van der Waals surface area contributed by atoms with Crippen molar-refractivity contribution in [1.29, 1.82) is 0 Å². The number of benzene rings is 1. The van der Waals surface area contributed by atoms with Crippen molar-refractivity contribution in [2.45, 2.75) is 46.0 Å². The van der Waals surface area contributed by atoms with Crippen LogP contribution in [0.2, 0.25) is 0 Å². The van der Waals surface area contributed by atoms with E-state index in [0.717, 1.165) is 0 Å². The Morgan fingerprint density at radius 2 is 2.06 bits per heavy atom. The van der Waals surface area contributed by atoms with Crippen LogP contribution >= 0.6 is 22.6 Å². The Labute approximate surface area is 125 Å². The van der Waals surface area contributed by atoms with Gasteiger partial charge in [-0.15, -0.1) is 0 Å². The normalized spacial score (nSPS) is 23.1. The lowest BCUT2D eigenvalue weighted by Crippen LogP contribution is -2.29. The van der Waals surface area contributed by atoms with E-state index in [2.05, 4.69) is 67.3 Å². The molecular formula is C17H23I. The molecule has 1 aliphatic rings. The monoisotopic (exact) mass is 354 g/mol. The average Bonchev–Trinajstić information content (AvgIpc) is 2.30. The highest BCUT2D eigenvalue weighted by Gasteiger charge is 2.33. The third-order valence-corrected chi connectivity index (χ3v) is 5.47. The van der Waals surface area contributed by atoms with Crippen molar-refractivity contribution in [1.82, 2.24) is 0 Å². The van der Waals surface area contributed by atoms with Crippen molar-refractivity contribution in [2.24, 2.45) is 11.3 Å². The lowest BCUT2D eigenvalue weighted by atomic mass is 9.65. The van der Waals surface area contributed by atoms with E-state index in [-0.39, 0.29) is 0 Å². The largest absolute Gasteiger partial charge is 0.0996 e. The molecule has 0 bridgehead atoms. The molecule has 1 fully saturated rings. The SMILES string of the molecule is C=C1CCCC(C)(C)C1CCc1ccccc1I. The molecule has 18 heavy (non-hydrogen) atoms. The molecule has 0 N–H and O–H groups in total. The molecule has 1 aromatic carbocycles. The third kappa shape index (κ3) is 3.17. The standard InChI is InChI=1S/C17H23I/c1-13-7-6-12-17(2,3)15(13)11-10-14-8-4-5-9-16(14)18/h4-5,8-9,15H,1,6-7,10-12H2,2-3H3. The molecular weight excluding hydrogens is 331 g/mol. The van der Waals surface area contributed by atoms with Crippen molar-refractivity contribution in [2.75, 3.05) is 0 Å². The molecule has 1 aliphatic carbocycles. The van der Waals surface area contributed by atoms with Crippen molar-refractivity contribution in [3.8, 4) is 0 Å². The molecule has 1 aromatic rings. The van der Waals surface area contributed by atoms with Gasteiger partial charge < -0.3 is 0 Å². The topological polar surface area (TPSA) is 0 Å². The predicted molar refractivity (Wildman–Crippen MR) is 87.7 cm³/mol. The minimum Gasteiger partial charge on any atom is -0.0996 e. The Balaban J connectivity index is 2.05. The third-order valence-electron chi connectivity index (χ3n) is 4.42. The summed E-state index contributed by atoms with van der Waals surface area (Å²) in [6, 6.07) is 8.74. The van der Waals surface area contributed by atoms with Crippen LogP contribution in [-0.2, 0) is 6.42 Å². The van der Waals surface area contributed by atoms with Crippen LogP contribution in [0.1, 0.15) is 45.1 Å². The molecule has 0 heterocycles. The summed E-state index contributed by atoms with van der Waals surface area (Å²) < 4.78 is 1.40. The highest BCUT2D eigenvalue weighted by molar-refractivity contribution is 14.1. The maximum Gasteiger partial charge on any atom is 0.0162 e. The molecule has 0 radical (unpaired) electrons. The maximum atomic E-state index is 4.32. The number of halogens is 1. The van der Waals surface area contributed by atoms with E-state index in [1.807, 2.05) is 0 Å². The van der Waals surface area contributed by atoms with Crippen molar-refractivity contribution >= 4 is 22.6 Å². The fraction of sp³-hybridized carbons (Fsp3) is 0.529. The quantitative estimate of drug-likeness (QED) is 0.489. The molecule has 0 amide bonds. The molecule has 0 saturated heterocycles. The van der Waals surface area contributed by atoms with Crippen LogP contribution < -0.4 is 0 Å². The molecule has 98 valence electrons. The Kier molecular flexibility index (Phi) is 4.52. The van der Waals surface area contributed by atoms with Gasteiger partial charge in [-0.05, 0) is 77.7 Å². The Bertz CT molecular complexity index is 431. The second kappa shape index (κ2) is 5.77. The highest BCUT2D eigenvalue weighted by atomic mass is 127. The first-order valence-electron chi connectivity index (χ1n) is 6.92. The molecule has 1 saturated carbocycles. The lowest BCUT2D eigenvalue weighted by Gasteiger charge is -2.40. The summed E-state index contributed by atoms with van der Waals surface area (Å²) in [5.74, 6) is 0.697. The van der Waals surface area contributed by atoms with E-state index in [1.165, 1.54) is 46.8 Å². The highest BCUT2D eigenvalue weighted by Crippen LogP contribution is 2.45. The van der Waals surface area contributed by atoms with Crippen LogP contribution in [0.4, 0.5) is 0 Å². The Morgan fingerprint density at radius 3 is 2.72 bits per heavy atom. The molecule has 1 atom stereocenters. The minimum absolute atomic E-state index is 0.440. The van der Waals surface area contributed by atoms with Crippen molar-refractivity contribution in [3.05, 3.63) is 45.6 Å². The minimum atomic E-state index is 0.440. The van der Waals surface area contributed by atoms with Crippen LogP contribution in [0.5, 0.6) is 0 Å². The molecule has 1 heteroatoms. The van der Waals surface area contributed by atoms with Gasteiger partial charge in [0.05, 0.1) is 0 Å². The van der Waals surface area contributed by atoms with Crippen LogP contribution in [0.25, 0.3) is 0 Å². The van der Waals surface area contributed by atoms with Crippen LogP contribution in [0.15, 0.2) is 36.4 Å². The zero-order valence-corrected chi connectivity index (χ0v) is 13.7. The van der Waals surface area contributed by atoms with Crippen molar-refractivity contribution in [3.63, 3.8) is 0 Å².